The van der Waals surface area contributed by atoms with Crippen LogP contribution in [0.3, 0.4) is 0 Å². The van der Waals surface area contributed by atoms with Gasteiger partial charge in [0.05, 0.1) is 0 Å². The Morgan fingerprint density at radius 3 is 2.91 bits per heavy atom. The average molecular weight is 319 g/mol. The van der Waals surface area contributed by atoms with Crippen LogP contribution in [0.4, 0.5) is 4.39 Å². The van der Waals surface area contributed by atoms with Gasteiger partial charge in [-0.25, -0.2) is 4.39 Å². The SMILES string of the molecule is COCC(=O)N1CCCCC1c1nc(-c2ccc(F)cc2)no1. The van der Waals surface area contributed by atoms with E-state index in [1.54, 1.807) is 17.0 Å². The smallest absolute Gasteiger partial charge is 0.249 e. The highest BCUT2D eigenvalue weighted by atomic mass is 19.1. The van der Waals surface area contributed by atoms with E-state index < -0.39 is 0 Å². The molecule has 6 nitrogen and oxygen atoms in total. The molecule has 0 N–H and O–H groups in total. The Hall–Kier alpha value is -2.28. The van der Waals surface area contributed by atoms with Gasteiger partial charge in [0.15, 0.2) is 0 Å². The lowest BCUT2D eigenvalue weighted by Gasteiger charge is -2.33. The summed E-state index contributed by atoms with van der Waals surface area (Å²) < 4.78 is 23.3. The molecule has 0 saturated carbocycles. The normalized spacial score (nSPS) is 18.2. The van der Waals surface area contributed by atoms with E-state index >= 15 is 0 Å². The molecule has 0 radical (unpaired) electrons. The van der Waals surface area contributed by atoms with Gasteiger partial charge in [0, 0.05) is 19.2 Å². The van der Waals surface area contributed by atoms with Crippen LogP contribution in [0.15, 0.2) is 28.8 Å². The first-order valence-electron chi connectivity index (χ1n) is 7.57. The number of halogens is 1. The van der Waals surface area contributed by atoms with Crippen molar-refractivity contribution in [3.63, 3.8) is 0 Å². The zero-order chi connectivity index (χ0) is 16.2. The van der Waals surface area contributed by atoms with Crippen molar-refractivity contribution in [3.05, 3.63) is 36.0 Å². The van der Waals surface area contributed by atoms with Crippen molar-refractivity contribution in [2.45, 2.75) is 25.3 Å². The minimum absolute atomic E-state index is 0.0372. The fourth-order valence-electron chi connectivity index (χ4n) is 2.78. The summed E-state index contributed by atoms with van der Waals surface area (Å²) >= 11 is 0. The highest BCUT2D eigenvalue weighted by Crippen LogP contribution is 2.31. The molecule has 1 unspecified atom stereocenters. The molecule has 1 saturated heterocycles. The Morgan fingerprint density at radius 1 is 1.39 bits per heavy atom. The number of aromatic nitrogens is 2. The van der Waals surface area contributed by atoms with E-state index in [9.17, 15) is 9.18 Å². The summed E-state index contributed by atoms with van der Waals surface area (Å²) in [6.45, 7) is 0.691. The van der Waals surface area contributed by atoms with Gasteiger partial charge in [-0.1, -0.05) is 5.16 Å². The molecule has 122 valence electrons. The third-order valence-electron chi connectivity index (χ3n) is 3.92. The molecule has 1 aliphatic heterocycles. The van der Waals surface area contributed by atoms with Gasteiger partial charge in [-0.2, -0.15) is 4.98 Å². The van der Waals surface area contributed by atoms with Crippen molar-refractivity contribution in [3.8, 4) is 11.4 Å². The molecule has 7 heteroatoms. The second-order valence-corrected chi connectivity index (χ2v) is 5.49. The molecule has 0 bridgehead atoms. The number of piperidine rings is 1. The number of amides is 1. The highest BCUT2D eigenvalue weighted by molar-refractivity contribution is 5.78. The number of nitrogens with zero attached hydrogens (tertiary/aromatic N) is 3. The number of benzene rings is 1. The van der Waals surface area contributed by atoms with E-state index in [0.717, 1.165) is 19.3 Å². The van der Waals surface area contributed by atoms with Crippen LogP contribution >= 0.6 is 0 Å². The van der Waals surface area contributed by atoms with Crippen LogP contribution in [0.5, 0.6) is 0 Å². The first-order valence-corrected chi connectivity index (χ1v) is 7.57. The molecule has 1 aromatic heterocycles. The van der Waals surface area contributed by atoms with Crippen LogP contribution < -0.4 is 0 Å². The average Bonchev–Trinajstić information content (AvgIpc) is 3.05. The Labute approximate surface area is 133 Å². The minimum atomic E-state index is -0.318. The molecular formula is C16H18FN3O3. The number of carbonyl (C=O) groups excluding carboxylic acids is 1. The first kappa shape index (κ1) is 15.6. The number of carbonyl (C=O) groups is 1. The van der Waals surface area contributed by atoms with E-state index in [1.807, 2.05) is 0 Å². The van der Waals surface area contributed by atoms with Crippen molar-refractivity contribution < 1.29 is 18.4 Å². The zero-order valence-corrected chi connectivity index (χ0v) is 12.9. The molecule has 1 aliphatic rings. The summed E-state index contributed by atoms with van der Waals surface area (Å²) in [6.07, 6.45) is 2.72. The molecule has 3 rings (SSSR count). The van der Waals surface area contributed by atoms with Gasteiger partial charge in [-0.3, -0.25) is 4.79 Å². The van der Waals surface area contributed by atoms with Gasteiger partial charge in [0.2, 0.25) is 17.6 Å². The van der Waals surface area contributed by atoms with Crippen LogP contribution in [0, 0.1) is 5.82 Å². The Kier molecular flexibility index (Phi) is 4.66. The standard InChI is InChI=1S/C16H18FN3O3/c1-22-10-14(21)20-9-3-2-4-13(20)16-18-15(19-23-16)11-5-7-12(17)8-6-11/h5-8,13H,2-4,9-10H2,1H3. The van der Waals surface area contributed by atoms with Crippen LogP contribution in [-0.4, -0.2) is 41.2 Å². The summed E-state index contributed by atoms with van der Waals surface area (Å²) in [6, 6.07) is 5.66. The van der Waals surface area contributed by atoms with Crippen molar-refractivity contribution in [1.82, 2.24) is 15.0 Å². The van der Waals surface area contributed by atoms with E-state index in [1.165, 1.54) is 19.2 Å². The summed E-state index contributed by atoms with van der Waals surface area (Å²) in [4.78, 5) is 18.3. The van der Waals surface area contributed by atoms with Gasteiger partial charge in [0.1, 0.15) is 18.5 Å². The number of hydrogen-bond acceptors (Lipinski definition) is 5. The predicted octanol–water partition coefficient (Wildman–Crippen LogP) is 2.58. The van der Waals surface area contributed by atoms with Gasteiger partial charge in [0.25, 0.3) is 0 Å². The molecule has 1 amide bonds. The number of hydrogen-bond donors (Lipinski definition) is 0. The van der Waals surface area contributed by atoms with Gasteiger partial charge >= 0.3 is 0 Å². The van der Waals surface area contributed by atoms with Crippen molar-refractivity contribution in [1.29, 1.82) is 0 Å². The molecule has 23 heavy (non-hydrogen) atoms. The highest BCUT2D eigenvalue weighted by Gasteiger charge is 2.32. The van der Waals surface area contributed by atoms with E-state index in [-0.39, 0.29) is 24.4 Å². The van der Waals surface area contributed by atoms with Crippen LogP contribution in [0.1, 0.15) is 31.2 Å². The second kappa shape index (κ2) is 6.87. The Morgan fingerprint density at radius 2 is 2.17 bits per heavy atom. The van der Waals surface area contributed by atoms with Crippen molar-refractivity contribution in [2.75, 3.05) is 20.3 Å². The molecule has 2 aromatic rings. The van der Waals surface area contributed by atoms with E-state index in [2.05, 4.69) is 10.1 Å². The monoisotopic (exact) mass is 319 g/mol. The topological polar surface area (TPSA) is 68.5 Å². The van der Waals surface area contributed by atoms with Gasteiger partial charge in [-0.15, -0.1) is 0 Å². The van der Waals surface area contributed by atoms with Crippen LogP contribution in [0.2, 0.25) is 0 Å². The fraction of sp³-hybridized carbons (Fsp3) is 0.438. The second-order valence-electron chi connectivity index (χ2n) is 5.49. The number of likely N-dealkylation sites (tertiary alicyclic amines) is 1. The van der Waals surface area contributed by atoms with Crippen molar-refractivity contribution >= 4 is 5.91 Å². The first-order chi connectivity index (χ1) is 11.2. The maximum Gasteiger partial charge on any atom is 0.249 e. The summed E-state index contributed by atoms with van der Waals surface area (Å²) in [5.74, 6) is 0.401. The Bertz CT molecular complexity index is 671. The minimum Gasteiger partial charge on any atom is -0.375 e. The fourth-order valence-corrected chi connectivity index (χ4v) is 2.78. The number of rotatable bonds is 4. The van der Waals surface area contributed by atoms with Crippen molar-refractivity contribution in [2.24, 2.45) is 0 Å². The summed E-state index contributed by atoms with van der Waals surface area (Å²) in [5, 5.41) is 3.95. The Balaban J connectivity index is 1.82. The van der Waals surface area contributed by atoms with Gasteiger partial charge < -0.3 is 14.2 Å². The predicted molar refractivity (Wildman–Crippen MR) is 79.9 cm³/mol. The number of ether oxygens (including phenoxy) is 1. The maximum absolute atomic E-state index is 13.0. The summed E-state index contributed by atoms with van der Waals surface area (Å²) in [5.41, 5.74) is 0.673. The molecule has 1 fully saturated rings. The maximum atomic E-state index is 13.0. The lowest BCUT2D eigenvalue weighted by Crippen LogP contribution is -2.40. The molecule has 0 spiro atoms. The van der Waals surface area contributed by atoms with E-state index in [4.69, 9.17) is 9.26 Å². The molecular weight excluding hydrogens is 301 g/mol. The third-order valence-corrected chi connectivity index (χ3v) is 3.92. The molecule has 1 atom stereocenters. The summed E-state index contributed by atoms with van der Waals surface area (Å²) in [7, 11) is 1.50. The molecule has 0 aliphatic carbocycles. The van der Waals surface area contributed by atoms with Crippen LogP contribution in [-0.2, 0) is 9.53 Å². The van der Waals surface area contributed by atoms with E-state index in [0.29, 0.717) is 23.8 Å². The zero-order valence-electron chi connectivity index (χ0n) is 12.9. The molecule has 1 aromatic carbocycles. The largest absolute Gasteiger partial charge is 0.375 e. The van der Waals surface area contributed by atoms with Gasteiger partial charge in [-0.05, 0) is 43.5 Å². The molecule has 2 heterocycles. The van der Waals surface area contributed by atoms with Crippen LogP contribution in [0.25, 0.3) is 11.4 Å². The third kappa shape index (κ3) is 3.39. The quantitative estimate of drug-likeness (QED) is 0.866. The lowest BCUT2D eigenvalue weighted by molar-refractivity contribution is -0.139. The number of methoxy groups -OCH3 is 1. The lowest BCUT2D eigenvalue weighted by atomic mass is 10.0.